The molecule has 2 aliphatic carbocycles. The number of ether oxygens (including phenoxy) is 2. The van der Waals surface area contributed by atoms with E-state index < -0.39 is 0 Å². The van der Waals surface area contributed by atoms with Crippen molar-refractivity contribution in [1.29, 1.82) is 0 Å². The van der Waals surface area contributed by atoms with Gasteiger partial charge in [0.2, 0.25) is 0 Å². The van der Waals surface area contributed by atoms with Crippen molar-refractivity contribution in [2.75, 3.05) is 0 Å². The molecule has 2 heteroatoms. The first-order valence-electron chi connectivity index (χ1n) is 7.78. The van der Waals surface area contributed by atoms with Gasteiger partial charge in [-0.1, -0.05) is 12.2 Å². The number of hydrogen-bond donors (Lipinski definition) is 0. The highest BCUT2D eigenvalue weighted by Gasteiger charge is 2.45. The second kappa shape index (κ2) is 4.35. The summed E-state index contributed by atoms with van der Waals surface area (Å²) in [5, 5.41) is 0. The molecule has 0 aromatic heterocycles. The average Bonchev–Trinajstić information content (AvgIpc) is 3.26. The van der Waals surface area contributed by atoms with Crippen LogP contribution in [-0.2, 0) is 9.47 Å². The van der Waals surface area contributed by atoms with Crippen LogP contribution in [-0.4, -0.2) is 24.4 Å². The lowest BCUT2D eigenvalue weighted by Gasteiger charge is -2.24. The second-order valence-electron chi connectivity index (χ2n) is 6.81. The van der Waals surface area contributed by atoms with E-state index in [0.29, 0.717) is 24.4 Å². The molecule has 2 heterocycles. The lowest BCUT2D eigenvalue weighted by molar-refractivity contribution is 0.343. The zero-order valence-electron chi connectivity index (χ0n) is 11.1. The molecule has 2 aliphatic heterocycles. The van der Waals surface area contributed by atoms with Gasteiger partial charge in [-0.05, 0) is 63.2 Å². The van der Waals surface area contributed by atoms with Crippen LogP contribution in [0.5, 0.6) is 0 Å². The molecule has 0 bridgehead atoms. The summed E-state index contributed by atoms with van der Waals surface area (Å²) in [5.74, 6) is 1.65. The maximum Gasteiger partial charge on any atom is 0.0847 e. The number of fused-ring (bicyclic) bond motifs is 2. The third kappa shape index (κ3) is 2.25. The van der Waals surface area contributed by atoms with Gasteiger partial charge in [-0.25, -0.2) is 0 Å². The highest BCUT2D eigenvalue weighted by Crippen LogP contribution is 2.44. The molecule has 18 heavy (non-hydrogen) atoms. The van der Waals surface area contributed by atoms with Crippen LogP contribution >= 0.6 is 0 Å². The summed E-state index contributed by atoms with van der Waals surface area (Å²) in [5.41, 5.74) is 1.50. The predicted molar refractivity (Wildman–Crippen MR) is 70.4 cm³/mol. The Balaban J connectivity index is 1.23. The van der Waals surface area contributed by atoms with E-state index in [9.17, 15) is 0 Å². The van der Waals surface area contributed by atoms with Crippen LogP contribution < -0.4 is 0 Å². The molecule has 0 radical (unpaired) electrons. The van der Waals surface area contributed by atoms with Crippen LogP contribution in [0.15, 0.2) is 12.2 Å². The molecule has 0 N–H and O–H groups in total. The largest absolute Gasteiger partial charge is 0.370 e. The summed E-state index contributed by atoms with van der Waals surface area (Å²) in [6.45, 7) is 4.36. The summed E-state index contributed by atoms with van der Waals surface area (Å²) in [6.07, 6.45) is 12.9. The molecule has 4 fully saturated rings. The van der Waals surface area contributed by atoms with Crippen molar-refractivity contribution < 1.29 is 9.47 Å². The molecule has 4 aliphatic rings. The summed E-state index contributed by atoms with van der Waals surface area (Å²) >= 11 is 0. The van der Waals surface area contributed by atoms with Crippen LogP contribution in [0, 0.1) is 11.8 Å². The van der Waals surface area contributed by atoms with Crippen LogP contribution in [0.25, 0.3) is 0 Å². The Morgan fingerprint density at radius 2 is 1.61 bits per heavy atom. The topological polar surface area (TPSA) is 25.1 Å². The van der Waals surface area contributed by atoms with Crippen molar-refractivity contribution in [3.63, 3.8) is 0 Å². The number of epoxide rings is 2. The molecule has 4 rings (SSSR count). The summed E-state index contributed by atoms with van der Waals surface area (Å²) in [4.78, 5) is 0. The molecule has 0 amide bonds. The van der Waals surface area contributed by atoms with Gasteiger partial charge in [0.25, 0.3) is 0 Å². The standard InChI is InChI=1S/C16H24O2/c1-10(12-5-7-14-16(9-12)18-14)2-3-11-4-6-13-15(8-11)17-13/h11-16H,1-9H2. The monoisotopic (exact) mass is 248 g/mol. The highest BCUT2D eigenvalue weighted by atomic mass is 16.6. The van der Waals surface area contributed by atoms with Crippen LogP contribution in [0.4, 0.5) is 0 Å². The fourth-order valence-electron chi connectivity index (χ4n) is 4.12. The van der Waals surface area contributed by atoms with Crippen molar-refractivity contribution in [3.8, 4) is 0 Å². The van der Waals surface area contributed by atoms with Crippen molar-refractivity contribution in [2.45, 2.75) is 75.8 Å². The third-order valence-corrected chi connectivity index (χ3v) is 5.57. The van der Waals surface area contributed by atoms with Gasteiger partial charge in [-0.15, -0.1) is 0 Å². The molecule has 0 spiro atoms. The molecule has 0 aromatic rings. The van der Waals surface area contributed by atoms with Gasteiger partial charge in [0.1, 0.15) is 0 Å². The Hall–Kier alpha value is -0.340. The smallest absolute Gasteiger partial charge is 0.0847 e. The lowest BCUT2D eigenvalue weighted by Crippen LogP contribution is -2.17. The second-order valence-corrected chi connectivity index (χ2v) is 6.81. The zero-order valence-corrected chi connectivity index (χ0v) is 11.1. The van der Waals surface area contributed by atoms with Crippen LogP contribution in [0.1, 0.15) is 51.4 Å². The summed E-state index contributed by atoms with van der Waals surface area (Å²) < 4.78 is 11.2. The van der Waals surface area contributed by atoms with Gasteiger partial charge in [0.05, 0.1) is 24.4 Å². The van der Waals surface area contributed by atoms with Gasteiger partial charge in [-0.3, -0.25) is 0 Å². The van der Waals surface area contributed by atoms with Gasteiger partial charge >= 0.3 is 0 Å². The Morgan fingerprint density at radius 1 is 0.889 bits per heavy atom. The van der Waals surface area contributed by atoms with Crippen molar-refractivity contribution in [3.05, 3.63) is 12.2 Å². The fraction of sp³-hybridized carbons (Fsp3) is 0.875. The van der Waals surface area contributed by atoms with Gasteiger partial charge in [0.15, 0.2) is 0 Å². The molecular formula is C16H24O2. The van der Waals surface area contributed by atoms with Crippen molar-refractivity contribution in [2.24, 2.45) is 11.8 Å². The molecule has 6 atom stereocenters. The molecule has 2 saturated heterocycles. The van der Waals surface area contributed by atoms with Crippen LogP contribution in [0.2, 0.25) is 0 Å². The summed E-state index contributed by atoms with van der Waals surface area (Å²) in [6, 6.07) is 0. The van der Waals surface area contributed by atoms with E-state index in [1.165, 1.54) is 56.9 Å². The fourth-order valence-corrected chi connectivity index (χ4v) is 4.12. The zero-order chi connectivity index (χ0) is 12.1. The number of allylic oxidation sites excluding steroid dienone is 1. The van der Waals surface area contributed by atoms with Crippen molar-refractivity contribution >= 4 is 0 Å². The lowest BCUT2D eigenvalue weighted by atomic mass is 9.80. The quantitative estimate of drug-likeness (QED) is 0.562. The van der Waals surface area contributed by atoms with Gasteiger partial charge < -0.3 is 9.47 Å². The van der Waals surface area contributed by atoms with Crippen molar-refractivity contribution in [1.82, 2.24) is 0 Å². The highest BCUT2D eigenvalue weighted by molar-refractivity contribution is 5.07. The Morgan fingerprint density at radius 3 is 2.33 bits per heavy atom. The molecule has 100 valence electrons. The third-order valence-electron chi connectivity index (χ3n) is 5.57. The Bertz CT molecular complexity index is 351. The Labute approximate surface area is 110 Å². The first-order valence-corrected chi connectivity index (χ1v) is 7.78. The maximum atomic E-state index is 5.61. The normalized spacial score (nSPS) is 49.1. The van der Waals surface area contributed by atoms with Crippen LogP contribution in [0.3, 0.4) is 0 Å². The number of hydrogen-bond acceptors (Lipinski definition) is 2. The molecule has 2 saturated carbocycles. The first kappa shape index (κ1) is 11.5. The average molecular weight is 248 g/mol. The SMILES string of the molecule is C=C(CCC1CCC2OC2C1)C1CCC2OC2C1. The maximum absolute atomic E-state index is 5.61. The van der Waals surface area contributed by atoms with Gasteiger partial charge in [0, 0.05) is 0 Å². The molecule has 2 nitrogen and oxygen atoms in total. The van der Waals surface area contributed by atoms with E-state index in [1.807, 2.05) is 0 Å². The van der Waals surface area contributed by atoms with E-state index in [-0.39, 0.29) is 0 Å². The summed E-state index contributed by atoms with van der Waals surface area (Å²) in [7, 11) is 0. The van der Waals surface area contributed by atoms with E-state index in [1.54, 1.807) is 0 Å². The minimum absolute atomic E-state index is 0.593. The first-order chi connectivity index (χ1) is 8.79. The van der Waals surface area contributed by atoms with E-state index in [0.717, 1.165) is 11.8 Å². The Kier molecular flexibility index (Phi) is 2.77. The minimum atomic E-state index is 0.593. The number of rotatable bonds is 4. The predicted octanol–water partition coefficient (Wildman–Crippen LogP) is 3.46. The van der Waals surface area contributed by atoms with Gasteiger partial charge in [-0.2, -0.15) is 0 Å². The molecule has 6 unspecified atom stereocenters. The van der Waals surface area contributed by atoms with E-state index >= 15 is 0 Å². The molecular weight excluding hydrogens is 224 g/mol. The van der Waals surface area contributed by atoms with E-state index in [2.05, 4.69) is 6.58 Å². The molecule has 0 aromatic carbocycles. The van der Waals surface area contributed by atoms with E-state index in [4.69, 9.17) is 9.47 Å². The minimum Gasteiger partial charge on any atom is -0.370 e.